The number of carboxylic acid groups (broad SMARTS) is 1. The van der Waals surface area contributed by atoms with Crippen molar-refractivity contribution in [2.45, 2.75) is 50.5 Å². The number of benzene rings is 2. The fourth-order valence-electron chi connectivity index (χ4n) is 4.39. The Hall–Kier alpha value is -3.82. The summed E-state index contributed by atoms with van der Waals surface area (Å²) in [5, 5.41) is 14.7. The molecule has 0 saturated carbocycles. The molecule has 1 aliphatic heterocycles. The Morgan fingerprint density at radius 3 is 2.39 bits per heavy atom. The van der Waals surface area contributed by atoms with E-state index >= 15 is 0 Å². The normalized spacial score (nSPS) is 15.7. The lowest BCUT2D eigenvalue weighted by Crippen LogP contribution is -2.56. The van der Waals surface area contributed by atoms with E-state index in [4.69, 9.17) is 5.11 Å². The van der Waals surface area contributed by atoms with Gasteiger partial charge in [-0.25, -0.2) is 9.29 Å². The van der Waals surface area contributed by atoms with Crippen LogP contribution < -0.4 is 20.3 Å². The average molecular weight is 652 g/mol. The van der Waals surface area contributed by atoms with Crippen molar-refractivity contribution in [1.82, 2.24) is 19.9 Å². The summed E-state index contributed by atoms with van der Waals surface area (Å²) < 4.78 is 43.6. The molecule has 0 unspecified atom stereocenters. The molecular weight excluding hydrogens is 619 g/mol. The molecule has 1 aromatic heterocycles. The molecule has 0 aliphatic carbocycles. The first-order valence-electron chi connectivity index (χ1n) is 13.7. The number of rotatable bonds is 11. The third-order valence-electron chi connectivity index (χ3n) is 6.69. The number of carbonyl (C=O) groups is 3. The van der Waals surface area contributed by atoms with Gasteiger partial charge >= 0.3 is 12.3 Å². The molecule has 0 radical (unpaired) electrons. The second-order valence-electron chi connectivity index (χ2n) is 10.3. The molecule has 3 N–H and O–H groups in total. The van der Waals surface area contributed by atoms with E-state index < -0.39 is 30.8 Å². The van der Waals surface area contributed by atoms with Crippen LogP contribution in [0.25, 0.3) is 0 Å². The van der Waals surface area contributed by atoms with Gasteiger partial charge in [0.25, 0.3) is 5.91 Å². The summed E-state index contributed by atoms with van der Waals surface area (Å²) in [6.45, 7) is 6.71. The van der Waals surface area contributed by atoms with Crippen molar-refractivity contribution in [3.8, 4) is 5.75 Å². The number of hydrogen-bond donors (Lipinski definition) is 3. The largest absolute Gasteiger partial charge is 0.573 e. The number of nitrogens with zero attached hydrogens (tertiary/aromatic N) is 3. The number of piperazine rings is 1. The first-order chi connectivity index (χ1) is 20.8. The topological polar surface area (TPSA) is 124 Å². The Morgan fingerprint density at radius 2 is 1.77 bits per heavy atom. The first kappa shape index (κ1) is 33.1. The van der Waals surface area contributed by atoms with E-state index in [1.54, 1.807) is 6.92 Å². The van der Waals surface area contributed by atoms with Crippen LogP contribution in [0, 0.1) is 6.92 Å². The van der Waals surface area contributed by atoms with Crippen molar-refractivity contribution in [2.75, 3.05) is 31.1 Å². The zero-order valence-corrected chi connectivity index (χ0v) is 25.8. The zero-order chi connectivity index (χ0) is 32.0. The molecular formula is C29H32F3N5O5S2. The summed E-state index contributed by atoms with van der Waals surface area (Å²) in [7, 11) is 0. The molecule has 236 valence electrons. The van der Waals surface area contributed by atoms with Gasteiger partial charge in [0, 0.05) is 31.1 Å². The number of anilines is 1. The number of alkyl halides is 3. The Balaban J connectivity index is 1.50. The molecule has 1 saturated heterocycles. The Bertz CT molecular complexity index is 1470. The smallest absolute Gasteiger partial charge is 0.480 e. The van der Waals surface area contributed by atoms with Crippen molar-refractivity contribution in [2.24, 2.45) is 0 Å². The Labute approximate surface area is 260 Å². The second-order valence-corrected chi connectivity index (χ2v) is 12.4. The molecule has 1 atom stereocenters. The number of aliphatic carboxylic acids is 1. The fraction of sp³-hybridized carbons (Fsp3) is 0.379. The SMILES string of the molecule is Cc1nc(N2CCN(Sc3ccc(OC(F)(F)F)cc3)[C@@H](C(=O)NCc3ccc(C(C)C)cc3)C2)sc1C(=O)NCC(=O)O. The highest BCUT2D eigenvalue weighted by Gasteiger charge is 2.35. The van der Waals surface area contributed by atoms with Crippen molar-refractivity contribution in [3.63, 3.8) is 0 Å². The molecule has 2 heterocycles. The number of thiazole rings is 1. The summed E-state index contributed by atoms with van der Waals surface area (Å²) >= 11 is 2.36. The molecule has 2 aromatic carbocycles. The molecule has 2 amide bonds. The molecule has 10 nitrogen and oxygen atoms in total. The quantitative estimate of drug-likeness (QED) is 0.251. The predicted octanol–water partition coefficient (Wildman–Crippen LogP) is 4.80. The zero-order valence-electron chi connectivity index (χ0n) is 24.2. The highest BCUT2D eigenvalue weighted by Crippen LogP contribution is 2.33. The van der Waals surface area contributed by atoms with Crippen LogP contribution in [0.1, 0.15) is 46.3 Å². The van der Waals surface area contributed by atoms with Gasteiger partial charge in [-0.15, -0.1) is 13.2 Å². The van der Waals surface area contributed by atoms with Crippen molar-refractivity contribution < 1.29 is 37.4 Å². The van der Waals surface area contributed by atoms with Gasteiger partial charge in [-0.2, -0.15) is 0 Å². The summed E-state index contributed by atoms with van der Waals surface area (Å²) in [4.78, 5) is 44.3. The fourth-order valence-corrected chi connectivity index (χ4v) is 6.40. The second kappa shape index (κ2) is 14.3. The maximum Gasteiger partial charge on any atom is 0.573 e. The lowest BCUT2D eigenvalue weighted by atomic mass is 10.0. The minimum Gasteiger partial charge on any atom is -0.480 e. The number of nitrogens with one attached hydrogen (secondary N) is 2. The molecule has 1 aliphatic rings. The summed E-state index contributed by atoms with van der Waals surface area (Å²) in [6.07, 6.45) is -4.80. The third-order valence-corrected chi connectivity index (χ3v) is 9.06. The van der Waals surface area contributed by atoms with E-state index in [0.29, 0.717) is 41.3 Å². The molecule has 0 bridgehead atoms. The average Bonchev–Trinajstić information content (AvgIpc) is 3.36. The summed E-state index contributed by atoms with van der Waals surface area (Å²) in [5.74, 6) is -1.92. The Morgan fingerprint density at radius 1 is 1.09 bits per heavy atom. The number of carboxylic acids is 1. The van der Waals surface area contributed by atoms with Crippen LogP contribution in [0.4, 0.5) is 18.3 Å². The van der Waals surface area contributed by atoms with E-state index in [2.05, 4.69) is 34.2 Å². The van der Waals surface area contributed by atoms with E-state index in [1.165, 1.54) is 41.8 Å². The van der Waals surface area contributed by atoms with Crippen LogP contribution in [-0.4, -0.2) is 70.8 Å². The van der Waals surface area contributed by atoms with Crippen LogP contribution in [0.5, 0.6) is 5.75 Å². The summed E-state index contributed by atoms with van der Waals surface area (Å²) in [6, 6.07) is 12.7. The molecule has 15 heteroatoms. The standard InChI is InChI=1S/C29H32F3N5O5S2/c1-17(2)20-6-4-19(5-7-20)14-33-26(40)23-16-36(28-35-18(3)25(43-28)27(41)34-15-24(38)39)12-13-37(23)44-22-10-8-21(9-11-22)42-29(30,31)32/h4-11,17,23H,12-16H2,1-3H3,(H,33,40)(H,34,41)(H,38,39)/t23-/m1/s1. The summed E-state index contributed by atoms with van der Waals surface area (Å²) in [5.41, 5.74) is 2.56. The van der Waals surface area contributed by atoms with Gasteiger partial charge in [0.1, 0.15) is 23.2 Å². The van der Waals surface area contributed by atoms with Crippen molar-refractivity contribution in [3.05, 3.63) is 70.2 Å². The lowest BCUT2D eigenvalue weighted by molar-refractivity contribution is -0.274. The van der Waals surface area contributed by atoms with Crippen molar-refractivity contribution >= 4 is 46.2 Å². The van der Waals surface area contributed by atoms with Crippen LogP contribution in [0.3, 0.4) is 0 Å². The number of halogens is 3. The minimum atomic E-state index is -4.80. The number of carbonyl (C=O) groups excluding carboxylic acids is 2. The molecule has 3 aromatic rings. The van der Waals surface area contributed by atoms with Gasteiger partial charge in [-0.05, 0) is 60.2 Å². The van der Waals surface area contributed by atoms with E-state index in [0.717, 1.165) is 16.9 Å². The van der Waals surface area contributed by atoms with Gasteiger partial charge in [0.05, 0.1) is 5.69 Å². The molecule has 1 fully saturated rings. The lowest BCUT2D eigenvalue weighted by Gasteiger charge is -2.39. The molecule has 0 spiro atoms. The van der Waals surface area contributed by atoms with Crippen LogP contribution in [-0.2, 0) is 16.1 Å². The predicted molar refractivity (Wildman–Crippen MR) is 161 cm³/mol. The number of aromatic nitrogens is 1. The highest BCUT2D eigenvalue weighted by molar-refractivity contribution is 7.97. The number of hydrogen-bond acceptors (Lipinski definition) is 9. The number of amides is 2. The first-order valence-corrected chi connectivity index (χ1v) is 15.3. The van der Waals surface area contributed by atoms with Gasteiger partial charge in [0.15, 0.2) is 5.13 Å². The van der Waals surface area contributed by atoms with E-state index in [-0.39, 0.29) is 23.1 Å². The molecule has 4 rings (SSSR count). The van der Waals surface area contributed by atoms with Gasteiger partial charge in [0.2, 0.25) is 5.91 Å². The van der Waals surface area contributed by atoms with Gasteiger partial charge in [-0.1, -0.05) is 49.4 Å². The number of aryl methyl sites for hydroxylation is 1. The minimum absolute atomic E-state index is 0.226. The van der Waals surface area contributed by atoms with Gasteiger partial charge < -0.3 is 25.4 Å². The highest BCUT2D eigenvalue weighted by atomic mass is 32.2. The van der Waals surface area contributed by atoms with Crippen LogP contribution in [0.15, 0.2) is 53.4 Å². The van der Waals surface area contributed by atoms with E-state index in [1.807, 2.05) is 33.5 Å². The maximum atomic E-state index is 13.6. The van der Waals surface area contributed by atoms with E-state index in [9.17, 15) is 27.6 Å². The molecule has 44 heavy (non-hydrogen) atoms. The monoisotopic (exact) mass is 651 g/mol. The van der Waals surface area contributed by atoms with Gasteiger partial charge in [-0.3, -0.25) is 14.4 Å². The van der Waals surface area contributed by atoms with Crippen LogP contribution in [0.2, 0.25) is 0 Å². The number of ether oxygens (including phenoxy) is 1. The van der Waals surface area contributed by atoms with Crippen molar-refractivity contribution in [1.29, 1.82) is 0 Å². The van der Waals surface area contributed by atoms with Crippen LogP contribution >= 0.6 is 23.3 Å². The third kappa shape index (κ3) is 9.09. The maximum absolute atomic E-state index is 13.6. The Kier molecular flexibility index (Phi) is 10.8.